The Morgan fingerprint density at radius 1 is 0.935 bits per heavy atom. The molecule has 1 aromatic heterocycles. The van der Waals surface area contributed by atoms with E-state index in [1.54, 1.807) is 6.20 Å². The van der Waals surface area contributed by atoms with Crippen LogP contribution in [0.1, 0.15) is 23.6 Å². The number of anilines is 1. The van der Waals surface area contributed by atoms with Crippen molar-refractivity contribution in [1.29, 1.82) is 0 Å². The van der Waals surface area contributed by atoms with E-state index in [0.717, 1.165) is 38.9 Å². The summed E-state index contributed by atoms with van der Waals surface area (Å²) < 4.78 is 0. The van der Waals surface area contributed by atoms with E-state index in [0.29, 0.717) is 12.4 Å². The number of aromatic nitrogens is 1. The van der Waals surface area contributed by atoms with Crippen LogP contribution in [-0.2, 0) is 0 Å². The van der Waals surface area contributed by atoms with Crippen LogP contribution >= 0.6 is 0 Å². The summed E-state index contributed by atoms with van der Waals surface area (Å²) in [5.41, 5.74) is 4.95. The van der Waals surface area contributed by atoms with E-state index in [2.05, 4.69) is 45.9 Å². The number of carbonyl (C=O) groups excluding carboxylic acids is 1. The molecule has 5 heteroatoms. The van der Waals surface area contributed by atoms with Crippen LogP contribution in [0.2, 0.25) is 0 Å². The maximum Gasteiger partial charge on any atom is 0.320 e. The second-order valence-corrected chi connectivity index (χ2v) is 7.23. The number of hydrogen-bond acceptors (Lipinski definition) is 3. The number of urea groups is 1. The summed E-state index contributed by atoms with van der Waals surface area (Å²) in [7, 11) is 0. The Kier molecular flexibility index (Phi) is 6.03. The third-order valence-corrected chi connectivity index (χ3v) is 4.94. The smallest absolute Gasteiger partial charge is 0.320 e. The number of carbonyl (C=O) groups is 1. The van der Waals surface area contributed by atoms with Gasteiger partial charge in [0.15, 0.2) is 0 Å². The predicted molar refractivity (Wildman–Crippen MR) is 127 cm³/mol. The van der Waals surface area contributed by atoms with Crippen LogP contribution in [0, 0.1) is 6.92 Å². The van der Waals surface area contributed by atoms with Gasteiger partial charge in [-0.15, -0.1) is 0 Å². The number of aliphatic imine (C=N–C) groups is 1. The summed E-state index contributed by atoms with van der Waals surface area (Å²) in [4.78, 5) is 21.3. The van der Waals surface area contributed by atoms with Crippen molar-refractivity contribution >= 4 is 34.0 Å². The second kappa shape index (κ2) is 9.22. The van der Waals surface area contributed by atoms with Gasteiger partial charge in [0.25, 0.3) is 0 Å². The topological polar surface area (TPSA) is 66.4 Å². The molecule has 0 radical (unpaired) electrons. The molecule has 0 bridgehead atoms. The lowest BCUT2D eigenvalue weighted by Crippen LogP contribution is -2.28. The van der Waals surface area contributed by atoms with E-state index in [1.807, 2.05) is 62.4 Å². The maximum atomic E-state index is 11.9. The molecule has 0 spiro atoms. The Balaban J connectivity index is 1.79. The number of benzene rings is 3. The van der Waals surface area contributed by atoms with Crippen molar-refractivity contribution < 1.29 is 4.79 Å². The number of hydrogen-bond donors (Lipinski definition) is 2. The zero-order valence-electron chi connectivity index (χ0n) is 17.6. The number of fused-ring (bicyclic) bond motifs is 1. The van der Waals surface area contributed by atoms with Crippen molar-refractivity contribution in [2.75, 3.05) is 11.9 Å². The molecule has 3 aromatic carbocycles. The van der Waals surface area contributed by atoms with E-state index in [4.69, 9.17) is 4.99 Å². The van der Waals surface area contributed by atoms with Crippen LogP contribution in [0.25, 0.3) is 10.8 Å². The molecule has 2 amide bonds. The summed E-state index contributed by atoms with van der Waals surface area (Å²) in [6, 6.07) is 26.0. The van der Waals surface area contributed by atoms with Crippen LogP contribution in [-0.4, -0.2) is 23.3 Å². The molecular formula is C26H24N4O. The summed E-state index contributed by atoms with van der Waals surface area (Å²) in [5.74, 6) is 0.505. The van der Waals surface area contributed by atoms with Crippen molar-refractivity contribution in [3.63, 3.8) is 0 Å². The van der Waals surface area contributed by atoms with Crippen LogP contribution in [0.3, 0.4) is 0 Å². The Hall–Kier alpha value is -3.99. The quantitative estimate of drug-likeness (QED) is 0.407. The molecule has 4 aromatic rings. The number of pyridine rings is 1. The molecule has 0 aliphatic carbocycles. The van der Waals surface area contributed by atoms with Gasteiger partial charge in [-0.25, -0.2) is 14.8 Å². The molecule has 154 valence electrons. The third kappa shape index (κ3) is 4.78. The first kappa shape index (κ1) is 20.3. The lowest BCUT2D eigenvalue weighted by atomic mass is 10.0. The largest absolute Gasteiger partial charge is 0.338 e. The summed E-state index contributed by atoms with van der Waals surface area (Å²) in [6.07, 6.45) is 1.79. The molecule has 0 atom stereocenters. The van der Waals surface area contributed by atoms with Gasteiger partial charge in [-0.2, -0.15) is 0 Å². The van der Waals surface area contributed by atoms with Gasteiger partial charge >= 0.3 is 6.03 Å². The number of rotatable bonds is 5. The molecule has 0 saturated heterocycles. The molecule has 2 N–H and O–H groups in total. The highest BCUT2D eigenvalue weighted by Crippen LogP contribution is 2.28. The first-order valence-electron chi connectivity index (χ1n) is 10.3. The van der Waals surface area contributed by atoms with E-state index in [-0.39, 0.29) is 6.03 Å². The van der Waals surface area contributed by atoms with E-state index in [9.17, 15) is 4.79 Å². The van der Waals surface area contributed by atoms with Gasteiger partial charge < -0.3 is 5.32 Å². The van der Waals surface area contributed by atoms with Crippen molar-refractivity contribution in [2.24, 2.45) is 4.99 Å². The van der Waals surface area contributed by atoms with E-state index in [1.165, 1.54) is 0 Å². The maximum absolute atomic E-state index is 11.9. The highest BCUT2D eigenvalue weighted by Gasteiger charge is 2.09. The average molecular weight is 409 g/mol. The van der Waals surface area contributed by atoms with Crippen LogP contribution < -0.4 is 10.6 Å². The van der Waals surface area contributed by atoms with Gasteiger partial charge in [0.1, 0.15) is 5.82 Å². The normalized spacial score (nSPS) is 10.5. The van der Waals surface area contributed by atoms with Gasteiger partial charge in [0.2, 0.25) is 0 Å². The Morgan fingerprint density at radius 3 is 2.19 bits per heavy atom. The summed E-state index contributed by atoms with van der Waals surface area (Å²) in [5, 5.41) is 7.49. The lowest BCUT2D eigenvalue weighted by molar-refractivity contribution is 0.252. The predicted octanol–water partition coefficient (Wildman–Crippen LogP) is 5.85. The van der Waals surface area contributed by atoms with Crippen molar-refractivity contribution in [2.45, 2.75) is 13.8 Å². The zero-order valence-corrected chi connectivity index (χ0v) is 17.6. The zero-order chi connectivity index (χ0) is 21.6. The van der Waals surface area contributed by atoms with Crippen LogP contribution in [0.5, 0.6) is 0 Å². The SMILES string of the molecule is CCNC(=O)Nc1cc2cc(N=C(c3ccccc3)c3ccccc3)cc(C)c2cn1. The molecule has 0 aliphatic rings. The molecule has 0 fully saturated rings. The summed E-state index contributed by atoms with van der Waals surface area (Å²) in [6.45, 7) is 4.47. The molecule has 5 nitrogen and oxygen atoms in total. The summed E-state index contributed by atoms with van der Waals surface area (Å²) >= 11 is 0. The lowest BCUT2D eigenvalue weighted by Gasteiger charge is -2.10. The fourth-order valence-electron chi connectivity index (χ4n) is 3.49. The second-order valence-electron chi connectivity index (χ2n) is 7.23. The minimum Gasteiger partial charge on any atom is -0.338 e. The molecule has 1 heterocycles. The Bertz CT molecular complexity index is 1190. The van der Waals surface area contributed by atoms with Gasteiger partial charge in [-0.1, -0.05) is 60.7 Å². The first-order valence-corrected chi connectivity index (χ1v) is 10.3. The monoisotopic (exact) mass is 408 g/mol. The van der Waals surface area contributed by atoms with Gasteiger partial charge in [-0.3, -0.25) is 5.32 Å². The molecule has 0 aliphatic heterocycles. The Morgan fingerprint density at radius 2 is 1.58 bits per heavy atom. The molecule has 0 saturated carbocycles. The van der Waals surface area contributed by atoms with Gasteiger partial charge in [-0.05, 0) is 43.0 Å². The first-order chi connectivity index (χ1) is 15.1. The fraction of sp³-hybridized carbons (Fsp3) is 0.115. The molecule has 0 unspecified atom stereocenters. The number of amides is 2. The van der Waals surface area contributed by atoms with Crippen molar-refractivity contribution in [3.05, 3.63) is 102 Å². The number of aryl methyl sites for hydroxylation is 1. The van der Waals surface area contributed by atoms with E-state index >= 15 is 0 Å². The van der Waals surface area contributed by atoms with Gasteiger partial charge in [0, 0.05) is 29.3 Å². The third-order valence-electron chi connectivity index (χ3n) is 4.94. The highest BCUT2D eigenvalue weighted by molar-refractivity contribution is 6.14. The van der Waals surface area contributed by atoms with Crippen molar-refractivity contribution in [3.8, 4) is 0 Å². The molecule has 31 heavy (non-hydrogen) atoms. The van der Waals surface area contributed by atoms with Crippen LogP contribution in [0.15, 0.2) is 90.1 Å². The minimum atomic E-state index is -0.268. The average Bonchev–Trinajstić information content (AvgIpc) is 2.78. The number of nitrogens with one attached hydrogen (secondary N) is 2. The van der Waals surface area contributed by atoms with Gasteiger partial charge in [0.05, 0.1) is 11.4 Å². The van der Waals surface area contributed by atoms with Crippen LogP contribution in [0.4, 0.5) is 16.3 Å². The van der Waals surface area contributed by atoms with Crippen molar-refractivity contribution in [1.82, 2.24) is 10.3 Å². The van der Waals surface area contributed by atoms with E-state index < -0.39 is 0 Å². The Labute approximate surface area is 181 Å². The number of nitrogens with zero attached hydrogens (tertiary/aromatic N) is 2. The highest BCUT2D eigenvalue weighted by atomic mass is 16.2. The molecule has 4 rings (SSSR count). The minimum absolute atomic E-state index is 0.268. The fourth-order valence-corrected chi connectivity index (χ4v) is 3.49. The molecular weight excluding hydrogens is 384 g/mol. The standard InChI is InChI=1S/C26H24N4O/c1-3-27-26(31)30-24-16-21-15-22(14-18(2)23(21)17-28-24)29-25(19-10-6-4-7-11-19)20-12-8-5-9-13-20/h4-17H,3H2,1-2H3,(H2,27,28,30,31).